The fourth-order valence-corrected chi connectivity index (χ4v) is 5.13. The molecule has 2 N–H and O–H groups in total. The molecule has 0 bridgehead atoms. The summed E-state index contributed by atoms with van der Waals surface area (Å²) in [7, 11) is 0. The fourth-order valence-electron chi connectivity index (χ4n) is 3.86. The number of rotatable bonds is 4. The Morgan fingerprint density at radius 3 is 2.56 bits per heavy atom. The molecular weight excluding hydrogens is 366 g/mol. The summed E-state index contributed by atoms with van der Waals surface area (Å²) < 4.78 is 0. The highest BCUT2D eigenvalue weighted by atomic mass is 32.2. The number of imide groups is 2. The van der Waals surface area contributed by atoms with Crippen molar-refractivity contribution in [1.82, 2.24) is 15.5 Å². The fraction of sp³-hybridized carbons (Fsp3) is 0.474. The lowest BCUT2D eigenvalue weighted by atomic mass is 10.0. The van der Waals surface area contributed by atoms with Crippen LogP contribution in [0.15, 0.2) is 23.1 Å². The summed E-state index contributed by atoms with van der Waals surface area (Å²) in [6.07, 6.45) is 2.52. The lowest BCUT2D eigenvalue weighted by molar-refractivity contribution is -0.136. The number of benzene rings is 1. The van der Waals surface area contributed by atoms with Crippen LogP contribution in [-0.4, -0.2) is 53.4 Å². The van der Waals surface area contributed by atoms with E-state index >= 15 is 0 Å². The van der Waals surface area contributed by atoms with Gasteiger partial charge in [0, 0.05) is 17.1 Å². The molecule has 1 unspecified atom stereocenters. The van der Waals surface area contributed by atoms with Gasteiger partial charge in [-0.25, -0.2) is 0 Å². The molecular formula is C19H21N3O4S. The number of piperidine rings is 2. The third kappa shape index (κ3) is 3.39. The first-order valence-electron chi connectivity index (χ1n) is 9.24. The van der Waals surface area contributed by atoms with Gasteiger partial charge in [-0.1, -0.05) is 6.07 Å². The Morgan fingerprint density at radius 2 is 1.81 bits per heavy atom. The second-order valence-electron chi connectivity index (χ2n) is 7.13. The summed E-state index contributed by atoms with van der Waals surface area (Å²) in [4.78, 5) is 51.2. The highest BCUT2D eigenvalue weighted by Gasteiger charge is 2.45. The van der Waals surface area contributed by atoms with Crippen molar-refractivity contribution in [3.05, 3.63) is 29.3 Å². The van der Waals surface area contributed by atoms with Crippen LogP contribution in [0.5, 0.6) is 0 Å². The molecule has 4 rings (SSSR count). The molecule has 1 aromatic rings. The van der Waals surface area contributed by atoms with Gasteiger partial charge in [0.25, 0.3) is 11.8 Å². The van der Waals surface area contributed by atoms with Crippen LogP contribution in [0, 0.1) is 5.92 Å². The van der Waals surface area contributed by atoms with E-state index in [2.05, 4.69) is 10.6 Å². The number of amides is 4. The van der Waals surface area contributed by atoms with E-state index in [1.807, 2.05) is 6.07 Å². The van der Waals surface area contributed by atoms with Crippen molar-refractivity contribution in [3.63, 3.8) is 0 Å². The van der Waals surface area contributed by atoms with E-state index in [0.29, 0.717) is 17.0 Å². The first-order valence-corrected chi connectivity index (χ1v) is 10.2. The van der Waals surface area contributed by atoms with Gasteiger partial charge >= 0.3 is 0 Å². The molecule has 27 heavy (non-hydrogen) atoms. The van der Waals surface area contributed by atoms with Crippen molar-refractivity contribution in [2.24, 2.45) is 5.92 Å². The molecule has 3 aliphatic heterocycles. The first kappa shape index (κ1) is 18.2. The number of hydrogen-bond donors (Lipinski definition) is 2. The summed E-state index contributed by atoms with van der Waals surface area (Å²) in [5.41, 5.74) is 0.742. The van der Waals surface area contributed by atoms with Crippen molar-refractivity contribution < 1.29 is 19.2 Å². The Bertz CT molecular complexity index is 819. The molecule has 0 saturated carbocycles. The van der Waals surface area contributed by atoms with E-state index in [4.69, 9.17) is 0 Å². The van der Waals surface area contributed by atoms with Gasteiger partial charge in [0.2, 0.25) is 11.8 Å². The van der Waals surface area contributed by atoms with Crippen LogP contribution in [0.3, 0.4) is 0 Å². The Labute approximate surface area is 161 Å². The number of nitrogens with zero attached hydrogens (tertiary/aromatic N) is 1. The third-order valence-corrected chi connectivity index (χ3v) is 6.65. The van der Waals surface area contributed by atoms with E-state index in [1.165, 1.54) is 0 Å². The second-order valence-corrected chi connectivity index (χ2v) is 8.19. The molecule has 0 radical (unpaired) electrons. The number of hydrogen-bond acceptors (Lipinski definition) is 6. The lowest BCUT2D eigenvalue weighted by Gasteiger charge is -2.27. The molecule has 1 atom stereocenters. The summed E-state index contributed by atoms with van der Waals surface area (Å²) >= 11 is 1.61. The van der Waals surface area contributed by atoms with Gasteiger partial charge in [-0.3, -0.25) is 29.4 Å². The van der Waals surface area contributed by atoms with Crippen molar-refractivity contribution in [1.29, 1.82) is 0 Å². The Balaban J connectivity index is 1.55. The van der Waals surface area contributed by atoms with E-state index in [1.54, 1.807) is 23.9 Å². The minimum atomic E-state index is -0.919. The monoisotopic (exact) mass is 387 g/mol. The summed E-state index contributed by atoms with van der Waals surface area (Å²) in [5.74, 6) is -0.342. The second kappa shape index (κ2) is 7.44. The maximum absolute atomic E-state index is 13.0. The molecule has 0 spiro atoms. The van der Waals surface area contributed by atoms with E-state index in [-0.39, 0.29) is 18.7 Å². The smallest absolute Gasteiger partial charge is 0.263 e. The maximum atomic E-state index is 13.0. The molecule has 0 aromatic heterocycles. The molecule has 7 nitrogen and oxygen atoms in total. The zero-order valence-electron chi connectivity index (χ0n) is 14.8. The summed E-state index contributed by atoms with van der Waals surface area (Å²) in [5, 5.41) is 5.56. The molecule has 2 saturated heterocycles. The highest BCUT2D eigenvalue weighted by molar-refractivity contribution is 7.99. The zero-order valence-corrected chi connectivity index (χ0v) is 15.6. The van der Waals surface area contributed by atoms with Crippen LogP contribution in [0.2, 0.25) is 0 Å². The Morgan fingerprint density at radius 1 is 1.04 bits per heavy atom. The van der Waals surface area contributed by atoms with Gasteiger partial charge in [0.1, 0.15) is 6.04 Å². The van der Waals surface area contributed by atoms with Crippen molar-refractivity contribution >= 4 is 35.4 Å². The molecule has 3 heterocycles. The number of carbonyl (C=O) groups is 4. The van der Waals surface area contributed by atoms with E-state index in [9.17, 15) is 19.2 Å². The van der Waals surface area contributed by atoms with Crippen LogP contribution in [-0.2, 0) is 9.59 Å². The van der Waals surface area contributed by atoms with Crippen molar-refractivity contribution in [2.45, 2.75) is 36.6 Å². The number of carbonyl (C=O) groups excluding carboxylic acids is 4. The summed E-state index contributed by atoms with van der Waals surface area (Å²) in [6.45, 7) is 2.03. The molecule has 4 amide bonds. The topological polar surface area (TPSA) is 95.6 Å². The first-order chi connectivity index (χ1) is 13.1. The standard InChI is InChI=1S/C19H21N3O4S/c23-15-5-4-13(17(24)21-15)22-18(25)12-2-1-3-14(16(12)19(22)26)27-10-11-6-8-20-9-7-11/h1-3,11,13,20H,4-10H2,(H,21,23,24). The zero-order chi connectivity index (χ0) is 19.0. The van der Waals surface area contributed by atoms with Crippen LogP contribution in [0.25, 0.3) is 0 Å². The van der Waals surface area contributed by atoms with Crippen LogP contribution in [0.1, 0.15) is 46.4 Å². The predicted molar refractivity (Wildman–Crippen MR) is 99.4 cm³/mol. The van der Waals surface area contributed by atoms with E-state index in [0.717, 1.165) is 41.5 Å². The van der Waals surface area contributed by atoms with Gasteiger partial charge in [-0.2, -0.15) is 0 Å². The van der Waals surface area contributed by atoms with Crippen LogP contribution < -0.4 is 10.6 Å². The molecule has 1 aromatic carbocycles. The number of fused-ring (bicyclic) bond motifs is 1. The van der Waals surface area contributed by atoms with Gasteiger partial charge in [-0.15, -0.1) is 11.8 Å². The number of thioether (sulfide) groups is 1. The van der Waals surface area contributed by atoms with Gasteiger partial charge in [-0.05, 0) is 50.4 Å². The van der Waals surface area contributed by atoms with Crippen molar-refractivity contribution in [3.8, 4) is 0 Å². The largest absolute Gasteiger partial charge is 0.317 e. The average Bonchev–Trinajstić information content (AvgIpc) is 2.93. The molecule has 142 valence electrons. The maximum Gasteiger partial charge on any atom is 0.263 e. The van der Waals surface area contributed by atoms with Crippen LogP contribution >= 0.6 is 11.8 Å². The molecule has 0 aliphatic carbocycles. The highest BCUT2D eigenvalue weighted by Crippen LogP contribution is 2.35. The minimum Gasteiger partial charge on any atom is -0.317 e. The predicted octanol–water partition coefficient (Wildman–Crippen LogP) is 1.18. The van der Waals surface area contributed by atoms with Crippen LogP contribution in [0.4, 0.5) is 0 Å². The lowest BCUT2D eigenvalue weighted by Crippen LogP contribution is -2.54. The quantitative estimate of drug-likeness (QED) is 0.595. The van der Waals surface area contributed by atoms with E-state index < -0.39 is 23.8 Å². The SMILES string of the molecule is O=C1CCC(N2C(=O)c3cccc(SCC4CCNCC4)c3C2=O)C(=O)N1. The summed E-state index contributed by atoms with van der Waals surface area (Å²) in [6, 6.07) is 4.36. The van der Waals surface area contributed by atoms with Gasteiger partial charge in [0.05, 0.1) is 11.1 Å². The number of nitrogens with one attached hydrogen (secondary N) is 2. The molecule has 8 heteroatoms. The molecule has 3 aliphatic rings. The minimum absolute atomic E-state index is 0.126. The van der Waals surface area contributed by atoms with Gasteiger partial charge in [0.15, 0.2) is 0 Å². The Hall–Kier alpha value is -2.19. The average molecular weight is 387 g/mol. The normalized spacial score (nSPS) is 23.6. The molecule has 2 fully saturated rings. The van der Waals surface area contributed by atoms with Crippen molar-refractivity contribution in [2.75, 3.05) is 18.8 Å². The Kier molecular flexibility index (Phi) is 5.01. The van der Waals surface area contributed by atoms with Gasteiger partial charge < -0.3 is 5.32 Å². The third-order valence-electron chi connectivity index (χ3n) is 5.36.